The molecule has 1 rings (SSSR count). The van der Waals surface area contributed by atoms with Gasteiger partial charge >= 0.3 is 0 Å². The van der Waals surface area contributed by atoms with Gasteiger partial charge in [0.25, 0.3) is 0 Å². The third kappa shape index (κ3) is 14.4. The van der Waals surface area contributed by atoms with Crippen molar-refractivity contribution in [3.05, 3.63) is 0 Å². The van der Waals surface area contributed by atoms with Crippen LogP contribution in [-0.4, -0.2) is 0 Å². The van der Waals surface area contributed by atoms with Crippen molar-refractivity contribution in [1.29, 1.82) is 0 Å². The molecule has 1 aliphatic carbocycles. The van der Waals surface area contributed by atoms with E-state index in [1.54, 1.807) is 0 Å². The Morgan fingerprint density at radius 2 is 0.714 bits per heavy atom. The Morgan fingerprint density at radius 1 is 0.367 bits per heavy atom. The second-order valence-corrected chi connectivity index (χ2v) is 19.9. The standard InChI is InChI=1S/C27H54.C22H46/c1-8-11-21-25(4,5)27(7,26(6,10-3)22-12-9-2)23-17-13-14-18-24-19-15-16-20-24;1-9-13-16-19-22(8,20(5,6)17-14-10-2)21(7,12-4)18-15-11-3/h24H,8-23H2,1-7H3;9-19H2,1-8H3. The van der Waals surface area contributed by atoms with Crippen LogP contribution in [0.2, 0.25) is 0 Å². The van der Waals surface area contributed by atoms with Crippen molar-refractivity contribution in [3.8, 4) is 0 Å². The molecule has 0 heterocycles. The van der Waals surface area contributed by atoms with Gasteiger partial charge in [-0.05, 0) is 76.9 Å². The van der Waals surface area contributed by atoms with Crippen molar-refractivity contribution in [1.82, 2.24) is 0 Å². The van der Waals surface area contributed by atoms with Gasteiger partial charge in [-0.3, -0.25) is 0 Å². The Balaban J connectivity index is 0.000000962. The maximum Gasteiger partial charge on any atom is -0.0221 e. The largest absolute Gasteiger partial charge is 0.0654 e. The predicted octanol–water partition coefficient (Wildman–Crippen LogP) is 18.4. The monoisotopic (exact) mass is 689 g/mol. The summed E-state index contributed by atoms with van der Waals surface area (Å²) in [5, 5.41) is 0. The van der Waals surface area contributed by atoms with Crippen LogP contribution in [0.1, 0.15) is 277 Å². The second-order valence-electron chi connectivity index (χ2n) is 19.9. The SMILES string of the molecule is CCCCC(C)(C)C(C)(CCCCCC1CCCC1)C(C)(CC)CCCC.CCCCCC(C)(C(C)(C)CCCC)C(C)(CC)CCCC. The van der Waals surface area contributed by atoms with Crippen LogP contribution in [0.4, 0.5) is 0 Å². The Morgan fingerprint density at radius 3 is 1.06 bits per heavy atom. The molecule has 0 aromatic heterocycles. The number of unbranched alkanes of at least 4 members (excludes halogenated alkanes) is 8. The van der Waals surface area contributed by atoms with Crippen LogP contribution in [0.25, 0.3) is 0 Å². The highest BCUT2D eigenvalue weighted by Crippen LogP contribution is 2.61. The van der Waals surface area contributed by atoms with E-state index in [9.17, 15) is 0 Å². The molecule has 49 heavy (non-hydrogen) atoms. The summed E-state index contributed by atoms with van der Waals surface area (Å²) in [7, 11) is 0. The van der Waals surface area contributed by atoms with Gasteiger partial charge in [0.05, 0.1) is 0 Å². The van der Waals surface area contributed by atoms with Gasteiger partial charge in [-0.25, -0.2) is 0 Å². The average Bonchev–Trinajstić information content (AvgIpc) is 3.61. The molecule has 0 nitrogen and oxygen atoms in total. The molecule has 0 aromatic carbocycles. The van der Waals surface area contributed by atoms with Crippen molar-refractivity contribution >= 4 is 0 Å². The molecular weight excluding hydrogens is 589 g/mol. The van der Waals surface area contributed by atoms with Gasteiger partial charge in [0, 0.05) is 0 Å². The summed E-state index contributed by atoms with van der Waals surface area (Å²) < 4.78 is 0. The minimum absolute atomic E-state index is 0.437. The van der Waals surface area contributed by atoms with E-state index in [-0.39, 0.29) is 0 Å². The molecule has 0 N–H and O–H groups in total. The summed E-state index contributed by atoms with van der Waals surface area (Å²) in [6.07, 6.45) is 38.0. The lowest BCUT2D eigenvalue weighted by molar-refractivity contribution is -0.0713. The Labute approximate surface area is 314 Å². The maximum atomic E-state index is 2.68. The molecule has 0 aromatic rings. The lowest BCUT2D eigenvalue weighted by Crippen LogP contribution is -2.48. The van der Waals surface area contributed by atoms with Crippen LogP contribution in [0, 0.1) is 38.4 Å². The Hall–Kier alpha value is 0. The molecule has 0 amide bonds. The molecule has 296 valence electrons. The van der Waals surface area contributed by atoms with Crippen molar-refractivity contribution in [2.45, 2.75) is 277 Å². The van der Waals surface area contributed by atoms with E-state index >= 15 is 0 Å². The summed E-state index contributed by atoms with van der Waals surface area (Å²) >= 11 is 0. The summed E-state index contributed by atoms with van der Waals surface area (Å²) in [6.45, 7) is 37.5. The fourth-order valence-corrected chi connectivity index (χ4v) is 10.6. The van der Waals surface area contributed by atoms with E-state index in [4.69, 9.17) is 0 Å². The minimum atomic E-state index is 0.437. The molecule has 0 bridgehead atoms. The number of rotatable bonds is 28. The van der Waals surface area contributed by atoms with Crippen LogP contribution in [0.15, 0.2) is 0 Å². The maximum absolute atomic E-state index is 2.68. The molecule has 4 unspecified atom stereocenters. The first kappa shape index (κ1) is 49.0. The van der Waals surface area contributed by atoms with Crippen molar-refractivity contribution in [3.63, 3.8) is 0 Å². The third-order valence-electron chi connectivity index (χ3n) is 16.2. The molecule has 0 saturated heterocycles. The minimum Gasteiger partial charge on any atom is -0.0654 e. The third-order valence-corrected chi connectivity index (χ3v) is 16.2. The van der Waals surface area contributed by atoms with Crippen LogP contribution >= 0.6 is 0 Å². The van der Waals surface area contributed by atoms with Gasteiger partial charge in [0.2, 0.25) is 0 Å². The predicted molar refractivity (Wildman–Crippen MR) is 228 cm³/mol. The highest BCUT2D eigenvalue weighted by Gasteiger charge is 2.52. The van der Waals surface area contributed by atoms with Gasteiger partial charge in [-0.1, -0.05) is 239 Å². The fraction of sp³-hybridized carbons (Fsp3) is 1.00. The van der Waals surface area contributed by atoms with Gasteiger partial charge in [-0.2, -0.15) is 0 Å². The lowest BCUT2D eigenvalue weighted by Gasteiger charge is -2.57. The van der Waals surface area contributed by atoms with E-state index in [1.807, 2.05) is 0 Å². The molecule has 1 saturated carbocycles. The normalized spacial score (nSPS) is 19.4. The van der Waals surface area contributed by atoms with Crippen molar-refractivity contribution in [2.75, 3.05) is 0 Å². The first-order chi connectivity index (χ1) is 23.0. The van der Waals surface area contributed by atoms with Crippen molar-refractivity contribution < 1.29 is 0 Å². The lowest BCUT2D eigenvalue weighted by atomic mass is 9.48. The van der Waals surface area contributed by atoms with Gasteiger partial charge in [-0.15, -0.1) is 0 Å². The molecule has 1 fully saturated rings. The zero-order valence-corrected chi connectivity index (χ0v) is 37.7. The zero-order chi connectivity index (χ0) is 37.7. The summed E-state index contributed by atoms with van der Waals surface area (Å²) in [5.41, 5.74) is 2.74. The first-order valence-electron chi connectivity index (χ1n) is 23.0. The smallest absolute Gasteiger partial charge is 0.0221 e. The first-order valence-corrected chi connectivity index (χ1v) is 23.0. The number of hydrogen-bond acceptors (Lipinski definition) is 0. The molecule has 4 atom stereocenters. The van der Waals surface area contributed by atoms with E-state index in [0.29, 0.717) is 32.5 Å². The second kappa shape index (κ2) is 24.3. The van der Waals surface area contributed by atoms with Gasteiger partial charge in [0.15, 0.2) is 0 Å². The molecule has 0 radical (unpaired) electrons. The van der Waals surface area contributed by atoms with Gasteiger partial charge < -0.3 is 0 Å². The van der Waals surface area contributed by atoms with E-state index in [2.05, 4.69) is 104 Å². The summed E-state index contributed by atoms with van der Waals surface area (Å²) in [6, 6.07) is 0. The highest BCUT2D eigenvalue weighted by atomic mass is 14.6. The molecule has 1 aliphatic rings. The number of hydrogen-bond donors (Lipinski definition) is 0. The van der Waals surface area contributed by atoms with E-state index in [1.165, 1.54) is 173 Å². The van der Waals surface area contributed by atoms with Crippen LogP contribution in [0.3, 0.4) is 0 Å². The molecule has 0 heteroatoms. The van der Waals surface area contributed by atoms with E-state index in [0.717, 1.165) is 5.92 Å². The van der Waals surface area contributed by atoms with Crippen LogP contribution in [-0.2, 0) is 0 Å². The molecule has 0 spiro atoms. The average molecular weight is 689 g/mol. The van der Waals surface area contributed by atoms with Gasteiger partial charge in [0.1, 0.15) is 0 Å². The van der Waals surface area contributed by atoms with Crippen molar-refractivity contribution in [2.24, 2.45) is 38.4 Å². The topological polar surface area (TPSA) is 0 Å². The zero-order valence-electron chi connectivity index (χ0n) is 37.7. The molecule has 0 aliphatic heterocycles. The Kier molecular flexibility index (Phi) is 24.3. The fourth-order valence-electron chi connectivity index (χ4n) is 10.6. The molecular formula is C49H100. The summed E-state index contributed by atoms with van der Waals surface area (Å²) in [5.74, 6) is 1.07. The Bertz CT molecular complexity index is 784. The van der Waals surface area contributed by atoms with Crippen LogP contribution in [0.5, 0.6) is 0 Å². The summed E-state index contributed by atoms with van der Waals surface area (Å²) in [4.78, 5) is 0. The quantitative estimate of drug-likeness (QED) is 0.0718. The van der Waals surface area contributed by atoms with Crippen LogP contribution < -0.4 is 0 Å². The highest BCUT2D eigenvalue weighted by molar-refractivity contribution is 5.01. The van der Waals surface area contributed by atoms with E-state index < -0.39 is 0 Å².